The predicted molar refractivity (Wildman–Crippen MR) is 88.3 cm³/mol. The summed E-state index contributed by atoms with van der Waals surface area (Å²) < 4.78 is 5.13. The quantitative estimate of drug-likeness (QED) is 0.816. The number of carbonyl (C=O) groups excluding carboxylic acids is 1. The van der Waals surface area contributed by atoms with Gasteiger partial charge in [-0.15, -0.1) is 0 Å². The lowest BCUT2D eigenvalue weighted by Crippen LogP contribution is -2.48. The number of aliphatic carboxylic acids is 1. The van der Waals surface area contributed by atoms with E-state index in [4.69, 9.17) is 33.0 Å². The van der Waals surface area contributed by atoms with Crippen LogP contribution in [0.1, 0.15) is 26.7 Å². The molecular weight excluding hydrogens is 343 g/mol. The third-order valence-electron chi connectivity index (χ3n) is 3.47. The molecule has 6 nitrogen and oxygen atoms in total. The smallest absolute Gasteiger partial charge is 0.334 e. The van der Waals surface area contributed by atoms with E-state index in [1.54, 1.807) is 26.0 Å². The van der Waals surface area contributed by atoms with Gasteiger partial charge in [0.25, 0.3) is 0 Å². The van der Waals surface area contributed by atoms with E-state index in [0.717, 1.165) is 0 Å². The highest BCUT2D eigenvalue weighted by atomic mass is 35.5. The average Bonchev–Trinajstić information content (AvgIpc) is 2.76. The van der Waals surface area contributed by atoms with E-state index in [0.29, 0.717) is 21.4 Å². The molecule has 2 rings (SSSR count). The standard InChI is InChI=1S/C15H16Cl2N2O4/c1-3-23-14(22)15(2)8-10(7-13(20)21)18-19(15)12-5-4-9(16)6-11(12)17/h4-6H,3,7-8H2,1-2H3,(H,20,21). The van der Waals surface area contributed by atoms with Gasteiger partial charge in [-0.05, 0) is 32.0 Å². The zero-order valence-electron chi connectivity index (χ0n) is 12.7. The molecular formula is C15H16Cl2N2O4. The molecule has 23 heavy (non-hydrogen) atoms. The van der Waals surface area contributed by atoms with Crippen LogP contribution < -0.4 is 5.01 Å². The molecule has 8 heteroatoms. The molecule has 0 saturated heterocycles. The number of halogens is 2. The zero-order chi connectivity index (χ0) is 17.2. The van der Waals surface area contributed by atoms with Crippen molar-refractivity contribution in [1.82, 2.24) is 0 Å². The Labute approximate surface area is 143 Å². The maximum absolute atomic E-state index is 12.4. The summed E-state index contributed by atoms with van der Waals surface area (Å²) in [5.41, 5.74) is -0.316. The molecule has 0 amide bonds. The zero-order valence-corrected chi connectivity index (χ0v) is 14.2. The van der Waals surface area contributed by atoms with Gasteiger partial charge >= 0.3 is 11.9 Å². The number of esters is 1. The Bertz CT molecular complexity index is 677. The Kier molecular flexibility index (Phi) is 5.16. The van der Waals surface area contributed by atoms with Gasteiger partial charge in [0.15, 0.2) is 5.54 Å². The number of anilines is 1. The molecule has 1 aliphatic rings. The number of carbonyl (C=O) groups is 2. The van der Waals surface area contributed by atoms with Gasteiger partial charge in [0.2, 0.25) is 0 Å². The molecule has 1 atom stereocenters. The Morgan fingerprint density at radius 2 is 2.13 bits per heavy atom. The molecule has 1 aromatic carbocycles. The number of benzene rings is 1. The molecule has 1 aliphatic heterocycles. The first-order chi connectivity index (χ1) is 10.8. The normalized spacial score (nSPS) is 20.3. The van der Waals surface area contributed by atoms with E-state index in [-0.39, 0.29) is 19.4 Å². The minimum atomic E-state index is -1.15. The van der Waals surface area contributed by atoms with E-state index < -0.39 is 17.5 Å². The molecule has 0 saturated carbocycles. The Hall–Kier alpha value is -1.79. The first kappa shape index (κ1) is 17.6. The molecule has 0 aliphatic carbocycles. The minimum Gasteiger partial charge on any atom is -0.481 e. The summed E-state index contributed by atoms with van der Waals surface area (Å²) in [5, 5.41) is 15.4. The Morgan fingerprint density at radius 3 is 2.70 bits per heavy atom. The van der Waals surface area contributed by atoms with Crippen LogP contribution in [0.2, 0.25) is 10.0 Å². The van der Waals surface area contributed by atoms with Crippen LogP contribution in [0.25, 0.3) is 0 Å². The molecule has 1 unspecified atom stereocenters. The number of carboxylic acids is 1. The van der Waals surface area contributed by atoms with Crippen molar-refractivity contribution in [3.05, 3.63) is 28.2 Å². The van der Waals surface area contributed by atoms with Gasteiger partial charge in [0, 0.05) is 11.4 Å². The number of carboxylic acid groups (broad SMARTS) is 1. The van der Waals surface area contributed by atoms with Crippen LogP contribution in [0.4, 0.5) is 5.69 Å². The molecule has 0 radical (unpaired) electrons. The summed E-state index contributed by atoms with van der Waals surface area (Å²) in [5.74, 6) is -1.51. The number of nitrogens with zero attached hydrogens (tertiary/aromatic N) is 2. The Morgan fingerprint density at radius 1 is 1.43 bits per heavy atom. The predicted octanol–water partition coefficient (Wildman–Crippen LogP) is 3.36. The van der Waals surface area contributed by atoms with E-state index in [2.05, 4.69) is 5.10 Å². The third-order valence-corrected chi connectivity index (χ3v) is 4.00. The average molecular weight is 359 g/mol. The third kappa shape index (κ3) is 3.59. The molecule has 1 heterocycles. The number of hydrogen-bond acceptors (Lipinski definition) is 5. The van der Waals surface area contributed by atoms with E-state index in [1.165, 1.54) is 11.1 Å². The van der Waals surface area contributed by atoms with Gasteiger partial charge in [0.1, 0.15) is 0 Å². The lowest BCUT2D eigenvalue weighted by atomic mass is 9.94. The monoisotopic (exact) mass is 358 g/mol. The van der Waals surface area contributed by atoms with Gasteiger partial charge in [-0.3, -0.25) is 4.79 Å². The molecule has 0 bridgehead atoms. The topological polar surface area (TPSA) is 79.2 Å². The van der Waals surface area contributed by atoms with Gasteiger partial charge in [-0.1, -0.05) is 23.2 Å². The number of ether oxygens (including phenoxy) is 1. The van der Waals surface area contributed by atoms with Gasteiger partial charge in [0.05, 0.1) is 29.4 Å². The maximum atomic E-state index is 12.4. The highest BCUT2D eigenvalue weighted by molar-refractivity contribution is 6.36. The summed E-state index contributed by atoms with van der Waals surface area (Å²) >= 11 is 12.1. The van der Waals surface area contributed by atoms with Crippen molar-refractivity contribution in [2.24, 2.45) is 5.10 Å². The van der Waals surface area contributed by atoms with Gasteiger partial charge < -0.3 is 9.84 Å². The van der Waals surface area contributed by atoms with E-state index >= 15 is 0 Å². The van der Waals surface area contributed by atoms with Crippen LogP contribution in [0.5, 0.6) is 0 Å². The van der Waals surface area contributed by atoms with E-state index in [9.17, 15) is 9.59 Å². The molecule has 124 valence electrons. The minimum absolute atomic E-state index is 0.150. The molecule has 1 N–H and O–H groups in total. The summed E-state index contributed by atoms with van der Waals surface area (Å²) in [6.45, 7) is 3.56. The fourth-order valence-electron chi connectivity index (χ4n) is 2.45. The van der Waals surface area contributed by atoms with Crippen molar-refractivity contribution < 1.29 is 19.4 Å². The van der Waals surface area contributed by atoms with Crippen LogP contribution in [0.3, 0.4) is 0 Å². The molecule has 1 aromatic rings. The van der Waals surface area contributed by atoms with Crippen molar-refractivity contribution in [2.75, 3.05) is 11.6 Å². The summed E-state index contributed by atoms with van der Waals surface area (Å²) in [6, 6.07) is 4.79. The lowest BCUT2D eigenvalue weighted by molar-refractivity contribution is -0.148. The van der Waals surface area contributed by atoms with Crippen molar-refractivity contribution >= 4 is 46.5 Å². The van der Waals surface area contributed by atoms with E-state index in [1.807, 2.05) is 0 Å². The fourth-order valence-corrected chi connectivity index (χ4v) is 2.94. The maximum Gasteiger partial charge on any atom is 0.334 e. The molecule has 0 aromatic heterocycles. The highest BCUT2D eigenvalue weighted by Crippen LogP contribution is 2.39. The molecule has 0 fully saturated rings. The first-order valence-electron chi connectivity index (χ1n) is 6.98. The fraction of sp³-hybridized carbons (Fsp3) is 0.400. The van der Waals surface area contributed by atoms with Crippen LogP contribution in [0.15, 0.2) is 23.3 Å². The lowest BCUT2D eigenvalue weighted by Gasteiger charge is -2.32. The Balaban J connectivity index is 2.46. The summed E-state index contributed by atoms with van der Waals surface area (Å²) in [6.07, 6.45) is -0.103. The van der Waals surface area contributed by atoms with Crippen LogP contribution in [-0.4, -0.2) is 34.9 Å². The number of rotatable bonds is 5. The second-order valence-corrected chi connectivity index (χ2v) is 6.16. The van der Waals surface area contributed by atoms with Crippen molar-refractivity contribution in [3.8, 4) is 0 Å². The SMILES string of the molecule is CCOC(=O)C1(C)CC(CC(=O)O)=NN1c1ccc(Cl)cc1Cl. The van der Waals surface area contributed by atoms with Gasteiger partial charge in [-0.25, -0.2) is 9.80 Å². The van der Waals surface area contributed by atoms with Gasteiger partial charge in [-0.2, -0.15) is 5.10 Å². The number of hydrazone groups is 1. The van der Waals surface area contributed by atoms with Crippen molar-refractivity contribution in [2.45, 2.75) is 32.2 Å². The molecule has 0 spiro atoms. The number of hydrogen-bond donors (Lipinski definition) is 1. The largest absolute Gasteiger partial charge is 0.481 e. The summed E-state index contributed by atoms with van der Waals surface area (Å²) in [7, 11) is 0. The van der Waals surface area contributed by atoms with Crippen LogP contribution in [0, 0.1) is 0 Å². The highest BCUT2D eigenvalue weighted by Gasteiger charge is 2.47. The van der Waals surface area contributed by atoms with Crippen LogP contribution in [-0.2, 0) is 14.3 Å². The van der Waals surface area contributed by atoms with Crippen molar-refractivity contribution in [3.63, 3.8) is 0 Å². The van der Waals surface area contributed by atoms with Crippen molar-refractivity contribution in [1.29, 1.82) is 0 Å². The summed E-state index contributed by atoms with van der Waals surface area (Å²) in [4.78, 5) is 23.4. The van der Waals surface area contributed by atoms with Crippen LogP contribution >= 0.6 is 23.2 Å². The second kappa shape index (κ2) is 6.76. The second-order valence-electron chi connectivity index (χ2n) is 5.32. The first-order valence-corrected chi connectivity index (χ1v) is 7.74.